The van der Waals surface area contributed by atoms with Crippen molar-refractivity contribution in [1.82, 2.24) is 4.90 Å². The first kappa shape index (κ1) is 19.8. The number of carbonyl (C=O) groups is 1. The van der Waals surface area contributed by atoms with Crippen LogP contribution in [0.25, 0.3) is 0 Å². The molecule has 2 aromatic carbocycles. The van der Waals surface area contributed by atoms with Gasteiger partial charge in [0.25, 0.3) is 0 Å². The van der Waals surface area contributed by atoms with E-state index in [-0.39, 0.29) is 25.9 Å². The van der Waals surface area contributed by atoms with Crippen LogP contribution in [0.5, 0.6) is 17.2 Å². The third kappa shape index (κ3) is 5.12. The summed E-state index contributed by atoms with van der Waals surface area (Å²) in [7, 11) is 0. The smallest absolute Gasteiger partial charge is 0.238 e. The lowest BCUT2D eigenvalue weighted by Crippen LogP contribution is -2.53. The second-order valence-electron chi connectivity index (χ2n) is 7.40. The van der Waals surface area contributed by atoms with Gasteiger partial charge in [-0.25, -0.2) is 0 Å². The molecule has 2 N–H and O–H groups in total. The van der Waals surface area contributed by atoms with E-state index in [0.717, 1.165) is 13.0 Å². The molecule has 0 spiro atoms. The first-order valence-electron chi connectivity index (χ1n) is 9.52. The highest BCUT2D eigenvalue weighted by molar-refractivity contribution is 6.30. The van der Waals surface area contributed by atoms with Crippen LogP contribution in [-0.4, -0.2) is 54.5 Å². The van der Waals surface area contributed by atoms with Crippen LogP contribution >= 0.6 is 11.6 Å². The number of anilines is 1. The molecule has 1 saturated heterocycles. The van der Waals surface area contributed by atoms with Gasteiger partial charge in [-0.15, -0.1) is 0 Å². The van der Waals surface area contributed by atoms with E-state index in [0.29, 0.717) is 40.9 Å². The SMILES string of the molecule is O=C(CN1CCCC(O)(COc2cccc(Cl)c2)C1)Nc1ccc2c(c1)OCO2. The van der Waals surface area contributed by atoms with Gasteiger partial charge in [-0.2, -0.15) is 0 Å². The highest BCUT2D eigenvalue weighted by Gasteiger charge is 2.34. The van der Waals surface area contributed by atoms with Gasteiger partial charge in [-0.1, -0.05) is 17.7 Å². The number of hydrogen-bond acceptors (Lipinski definition) is 6. The summed E-state index contributed by atoms with van der Waals surface area (Å²) in [6, 6.07) is 12.4. The minimum absolute atomic E-state index is 0.146. The average molecular weight is 419 g/mol. The van der Waals surface area contributed by atoms with Crippen molar-refractivity contribution in [1.29, 1.82) is 0 Å². The van der Waals surface area contributed by atoms with E-state index in [2.05, 4.69) is 5.32 Å². The molecule has 0 radical (unpaired) electrons. The molecule has 2 aliphatic rings. The third-order valence-electron chi connectivity index (χ3n) is 4.96. The van der Waals surface area contributed by atoms with Gasteiger partial charge in [-0.3, -0.25) is 9.69 Å². The highest BCUT2D eigenvalue weighted by Crippen LogP contribution is 2.34. The molecule has 1 atom stereocenters. The minimum Gasteiger partial charge on any atom is -0.490 e. The number of aliphatic hydroxyl groups is 1. The van der Waals surface area contributed by atoms with Crippen LogP contribution in [0.15, 0.2) is 42.5 Å². The van der Waals surface area contributed by atoms with E-state index >= 15 is 0 Å². The number of hydrogen-bond donors (Lipinski definition) is 2. The van der Waals surface area contributed by atoms with Gasteiger partial charge in [0.2, 0.25) is 12.7 Å². The number of nitrogens with one attached hydrogen (secondary N) is 1. The van der Waals surface area contributed by atoms with E-state index in [4.69, 9.17) is 25.8 Å². The van der Waals surface area contributed by atoms with Crippen molar-refractivity contribution in [2.45, 2.75) is 18.4 Å². The summed E-state index contributed by atoms with van der Waals surface area (Å²) in [4.78, 5) is 14.4. The monoisotopic (exact) mass is 418 g/mol. The lowest BCUT2D eigenvalue weighted by Gasteiger charge is -2.38. The van der Waals surface area contributed by atoms with Gasteiger partial charge < -0.3 is 24.6 Å². The number of halogens is 1. The Morgan fingerprint density at radius 3 is 2.97 bits per heavy atom. The maximum absolute atomic E-state index is 12.5. The number of ether oxygens (including phenoxy) is 3. The largest absolute Gasteiger partial charge is 0.490 e. The van der Waals surface area contributed by atoms with Crippen LogP contribution in [0.2, 0.25) is 5.02 Å². The van der Waals surface area contributed by atoms with Crippen molar-refractivity contribution in [3.8, 4) is 17.2 Å². The fourth-order valence-corrected chi connectivity index (χ4v) is 3.79. The molecule has 0 bridgehead atoms. The number of β-amino-alcohol motifs (C(OH)–C–C–N with tert-alkyl or cyclic N) is 1. The van der Waals surface area contributed by atoms with E-state index < -0.39 is 5.60 Å². The van der Waals surface area contributed by atoms with Gasteiger partial charge in [0, 0.05) is 23.3 Å². The summed E-state index contributed by atoms with van der Waals surface area (Å²) in [5.74, 6) is 1.75. The molecule has 1 fully saturated rings. The molecule has 0 aromatic heterocycles. The Hall–Kier alpha value is -2.48. The highest BCUT2D eigenvalue weighted by atomic mass is 35.5. The molecule has 2 heterocycles. The van der Waals surface area contributed by atoms with Crippen LogP contribution < -0.4 is 19.5 Å². The molecule has 1 unspecified atom stereocenters. The number of benzene rings is 2. The molecule has 7 nitrogen and oxygen atoms in total. The fraction of sp³-hybridized carbons (Fsp3) is 0.381. The van der Waals surface area contributed by atoms with Gasteiger partial charge in [0.1, 0.15) is 18.0 Å². The molecule has 0 aliphatic carbocycles. The Balaban J connectivity index is 1.30. The van der Waals surface area contributed by atoms with Crippen LogP contribution in [0.3, 0.4) is 0 Å². The Bertz CT molecular complexity index is 893. The summed E-state index contributed by atoms with van der Waals surface area (Å²) < 4.78 is 16.3. The fourth-order valence-electron chi connectivity index (χ4n) is 3.61. The van der Waals surface area contributed by atoms with Gasteiger partial charge in [0.15, 0.2) is 11.5 Å². The standard InChI is InChI=1S/C21H23ClN2O5/c22-15-3-1-4-17(9-15)27-13-21(26)7-2-8-24(12-21)11-20(25)23-16-5-6-18-19(10-16)29-14-28-18/h1,3-6,9-10,26H,2,7-8,11-14H2,(H,23,25). The molecule has 4 rings (SSSR count). The lowest BCUT2D eigenvalue weighted by atomic mass is 9.93. The molecule has 1 amide bonds. The van der Waals surface area contributed by atoms with Crippen molar-refractivity contribution >= 4 is 23.2 Å². The zero-order chi connectivity index (χ0) is 20.3. The van der Waals surface area contributed by atoms with Crippen molar-refractivity contribution in [3.63, 3.8) is 0 Å². The number of likely N-dealkylation sites (tertiary alicyclic amines) is 1. The topological polar surface area (TPSA) is 80.3 Å². The number of nitrogens with zero attached hydrogens (tertiary/aromatic N) is 1. The van der Waals surface area contributed by atoms with Gasteiger partial charge in [-0.05, 0) is 49.7 Å². The van der Waals surface area contributed by atoms with Crippen LogP contribution in [0.1, 0.15) is 12.8 Å². The second-order valence-corrected chi connectivity index (χ2v) is 7.84. The molecule has 0 saturated carbocycles. The number of amides is 1. The maximum Gasteiger partial charge on any atom is 0.238 e. The normalized spacial score (nSPS) is 21.0. The molecule has 2 aromatic rings. The average Bonchev–Trinajstić information content (AvgIpc) is 3.14. The number of piperidine rings is 1. The molecular formula is C21H23ClN2O5. The summed E-state index contributed by atoms with van der Waals surface area (Å²) in [6.45, 7) is 1.63. The summed E-state index contributed by atoms with van der Waals surface area (Å²) >= 11 is 5.97. The lowest BCUT2D eigenvalue weighted by molar-refractivity contribution is -0.119. The summed E-state index contributed by atoms with van der Waals surface area (Å²) in [5.41, 5.74) is -0.365. The zero-order valence-electron chi connectivity index (χ0n) is 15.9. The molecule has 29 heavy (non-hydrogen) atoms. The van der Waals surface area contributed by atoms with Crippen molar-refractivity contribution < 1.29 is 24.1 Å². The second kappa shape index (κ2) is 8.49. The Morgan fingerprint density at radius 2 is 2.10 bits per heavy atom. The Kier molecular flexibility index (Phi) is 5.80. The number of rotatable bonds is 6. The third-order valence-corrected chi connectivity index (χ3v) is 5.20. The number of fused-ring (bicyclic) bond motifs is 1. The van der Waals surface area contributed by atoms with Crippen molar-refractivity contribution in [2.75, 3.05) is 38.4 Å². The minimum atomic E-state index is -1.01. The van der Waals surface area contributed by atoms with Gasteiger partial charge in [0.05, 0.1) is 6.54 Å². The molecule has 8 heteroatoms. The summed E-state index contributed by atoms with van der Waals surface area (Å²) in [6.07, 6.45) is 1.40. The van der Waals surface area contributed by atoms with E-state index in [1.54, 1.807) is 42.5 Å². The van der Waals surface area contributed by atoms with Crippen LogP contribution in [0.4, 0.5) is 5.69 Å². The van der Waals surface area contributed by atoms with Crippen LogP contribution in [0, 0.1) is 0 Å². The predicted octanol–water partition coefficient (Wildman–Crippen LogP) is 2.91. The van der Waals surface area contributed by atoms with E-state index in [9.17, 15) is 9.90 Å². The first-order valence-corrected chi connectivity index (χ1v) is 9.90. The van der Waals surface area contributed by atoms with E-state index in [1.165, 1.54) is 0 Å². The Morgan fingerprint density at radius 1 is 1.24 bits per heavy atom. The van der Waals surface area contributed by atoms with Gasteiger partial charge >= 0.3 is 0 Å². The summed E-state index contributed by atoms with van der Waals surface area (Å²) in [5, 5.41) is 14.4. The Labute approximate surface area is 174 Å². The van der Waals surface area contributed by atoms with Crippen LogP contribution in [-0.2, 0) is 4.79 Å². The van der Waals surface area contributed by atoms with Crippen molar-refractivity contribution in [2.24, 2.45) is 0 Å². The quantitative estimate of drug-likeness (QED) is 0.750. The molecule has 154 valence electrons. The predicted molar refractivity (Wildman–Crippen MR) is 109 cm³/mol. The first-order chi connectivity index (χ1) is 14.0. The molecular weight excluding hydrogens is 396 g/mol. The number of carbonyl (C=O) groups excluding carboxylic acids is 1. The van der Waals surface area contributed by atoms with Crippen molar-refractivity contribution in [3.05, 3.63) is 47.5 Å². The maximum atomic E-state index is 12.5. The molecule has 2 aliphatic heterocycles. The zero-order valence-corrected chi connectivity index (χ0v) is 16.7. The van der Waals surface area contributed by atoms with E-state index in [1.807, 2.05) is 4.90 Å².